The van der Waals surface area contributed by atoms with Gasteiger partial charge in [-0.05, 0) is 84.1 Å². The second kappa shape index (κ2) is 13.7. The number of benzene rings is 1. The second-order valence-electron chi connectivity index (χ2n) is 8.93. The predicted molar refractivity (Wildman–Crippen MR) is 126 cm³/mol. The fourth-order valence-electron chi connectivity index (χ4n) is 4.09. The molecule has 1 fully saturated rings. The number of anilines is 1. The van der Waals surface area contributed by atoms with Crippen LogP contribution >= 0.6 is 0 Å². The van der Waals surface area contributed by atoms with Crippen molar-refractivity contribution in [3.05, 3.63) is 29.8 Å². The first-order chi connectivity index (χ1) is 14.5. The highest BCUT2D eigenvalue weighted by atomic mass is 16.5. The van der Waals surface area contributed by atoms with Crippen LogP contribution in [0.4, 0.5) is 10.5 Å². The number of hydrogen-bond acceptors (Lipinski definition) is 3. The summed E-state index contributed by atoms with van der Waals surface area (Å²) in [5, 5.41) is 3.00. The SMILES string of the molecule is CCCCCN(C)CCCCOC1CCC(N(C)C(=O)Nc2ccc(C)cc2)CC1. The summed E-state index contributed by atoms with van der Waals surface area (Å²) in [6.07, 6.45) is 10.8. The van der Waals surface area contributed by atoms with Gasteiger partial charge in [0.2, 0.25) is 0 Å². The van der Waals surface area contributed by atoms with E-state index in [1.54, 1.807) is 0 Å². The van der Waals surface area contributed by atoms with E-state index in [4.69, 9.17) is 4.74 Å². The van der Waals surface area contributed by atoms with Crippen molar-refractivity contribution in [1.29, 1.82) is 0 Å². The van der Waals surface area contributed by atoms with E-state index < -0.39 is 0 Å². The third-order valence-corrected chi connectivity index (χ3v) is 6.25. The van der Waals surface area contributed by atoms with Crippen molar-refractivity contribution in [2.45, 2.75) is 83.8 Å². The van der Waals surface area contributed by atoms with E-state index in [9.17, 15) is 4.79 Å². The Bertz CT molecular complexity index is 597. The van der Waals surface area contributed by atoms with Crippen LogP contribution in [0.5, 0.6) is 0 Å². The third kappa shape index (κ3) is 9.05. The smallest absolute Gasteiger partial charge is 0.321 e. The summed E-state index contributed by atoms with van der Waals surface area (Å²) in [5.74, 6) is 0. The molecule has 0 saturated heterocycles. The van der Waals surface area contributed by atoms with Crippen molar-refractivity contribution in [1.82, 2.24) is 9.80 Å². The molecule has 1 aromatic rings. The Morgan fingerprint density at radius 1 is 1.00 bits per heavy atom. The minimum Gasteiger partial charge on any atom is -0.378 e. The summed E-state index contributed by atoms with van der Waals surface area (Å²) in [6, 6.07) is 8.22. The number of amides is 2. The molecule has 0 aromatic heterocycles. The van der Waals surface area contributed by atoms with Gasteiger partial charge < -0.3 is 19.9 Å². The summed E-state index contributed by atoms with van der Waals surface area (Å²) in [7, 11) is 4.13. The lowest BCUT2D eigenvalue weighted by molar-refractivity contribution is 0.0126. The van der Waals surface area contributed by atoms with Crippen LogP contribution in [0.3, 0.4) is 0 Å². The summed E-state index contributed by atoms with van der Waals surface area (Å²) in [5.41, 5.74) is 2.05. The molecule has 0 atom stereocenters. The van der Waals surface area contributed by atoms with Gasteiger partial charge >= 0.3 is 6.03 Å². The highest BCUT2D eigenvalue weighted by molar-refractivity contribution is 5.89. The molecule has 30 heavy (non-hydrogen) atoms. The fourth-order valence-corrected chi connectivity index (χ4v) is 4.09. The first-order valence-corrected chi connectivity index (χ1v) is 11.9. The van der Waals surface area contributed by atoms with Crippen molar-refractivity contribution in [2.24, 2.45) is 0 Å². The predicted octanol–water partition coefficient (Wildman–Crippen LogP) is 5.69. The zero-order valence-corrected chi connectivity index (χ0v) is 19.7. The number of nitrogens with one attached hydrogen (secondary N) is 1. The molecule has 0 unspecified atom stereocenters. The number of ether oxygens (including phenoxy) is 1. The molecular weight excluding hydrogens is 374 g/mol. The molecule has 1 N–H and O–H groups in total. The van der Waals surface area contributed by atoms with E-state index in [-0.39, 0.29) is 6.03 Å². The number of unbranched alkanes of at least 4 members (excludes halogenated alkanes) is 3. The van der Waals surface area contributed by atoms with E-state index in [1.807, 2.05) is 43.1 Å². The van der Waals surface area contributed by atoms with Crippen molar-refractivity contribution in [3.8, 4) is 0 Å². The summed E-state index contributed by atoms with van der Waals surface area (Å²) < 4.78 is 6.12. The van der Waals surface area contributed by atoms with Crippen LogP contribution in [0.15, 0.2) is 24.3 Å². The van der Waals surface area contributed by atoms with Crippen LogP contribution in [-0.4, -0.2) is 61.8 Å². The Morgan fingerprint density at radius 2 is 1.63 bits per heavy atom. The lowest BCUT2D eigenvalue weighted by Gasteiger charge is -2.34. The molecule has 2 rings (SSSR count). The standard InChI is InChI=1S/C25H43N3O2/c1-5-6-7-18-27(3)19-8-9-20-30-24-16-14-23(15-17-24)28(4)25(29)26-22-12-10-21(2)11-13-22/h10-13,23-24H,5-9,14-20H2,1-4H3,(H,26,29). The van der Waals surface area contributed by atoms with Crippen LogP contribution in [-0.2, 0) is 4.74 Å². The Hall–Kier alpha value is -1.59. The van der Waals surface area contributed by atoms with Gasteiger partial charge in [0.1, 0.15) is 0 Å². The Labute approximate surface area is 184 Å². The monoisotopic (exact) mass is 417 g/mol. The molecule has 170 valence electrons. The number of rotatable bonds is 12. The van der Waals surface area contributed by atoms with Gasteiger partial charge in [-0.2, -0.15) is 0 Å². The van der Waals surface area contributed by atoms with E-state index in [0.29, 0.717) is 12.1 Å². The number of hydrogen-bond donors (Lipinski definition) is 1. The summed E-state index contributed by atoms with van der Waals surface area (Å²) in [6.45, 7) is 7.54. The Balaban J connectivity index is 1.57. The molecule has 1 aliphatic carbocycles. The average Bonchev–Trinajstić information content (AvgIpc) is 2.75. The molecule has 5 nitrogen and oxygen atoms in total. The normalized spacial score (nSPS) is 19.1. The van der Waals surface area contributed by atoms with Gasteiger partial charge in [-0.25, -0.2) is 4.79 Å². The van der Waals surface area contributed by atoms with Gasteiger partial charge in [0.25, 0.3) is 0 Å². The average molecular weight is 418 g/mol. The van der Waals surface area contributed by atoms with Gasteiger partial charge in [0.05, 0.1) is 6.10 Å². The van der Waals surface area contributed by atoms with E-state index in [2.05, 4.69) is 24.2 Å². The topological polar surface area (TPSA) is 44.8 Å². The van der Waals surface area contributed by atoms with Gasteiger partial charge in [-0.3, -0.25) is 0 Å². The highest BCUT2D eigenvalue weighted by Crippen LogP contribution is 2.25. The zero-order valence-electron chi connectivity index (χ0n) is 19.7. The third-order valence-electron chi connectivity index (χ3n) is 6.25. The molecule has 0 radical (unpaired) electrons. The Kier molecular flexibility index (Phi) is 11.2. The Morgan fingerprint density at radius 3 is 2.27 bits per heavy atom. The van der Waals surface area contributed by atoms with Gasteiger partial charge in [0.15, 0.2) is 0 Å². The first kappa shape index (κ1) is 24.7. The molecule has 5 heteroatoms. The van der Waals surface area contributed by atoms with E-state index in [0.717, 1.165) is 44.4 Å². The molecule has 1 saturated carbocycles. The van der Waals surface area contributed by atoms with Crippen LogP contribution in [0.1, 0.15) is 70.3 Å². The number of aryl methyl sites for hydroxylation is 1. The van der Waals surface area contributed by atoms with Gasteiger partial charge in [-0.15, -0.1) is 0 Å². The molecule has 2 amide bonds. The van der Waals surface area contributed by atoms with E-state index >= 15 is 0 Å². The van der Waals surface area contributed by atoms with Crippen molar-refractivity contribution < 1.29 is 9.53 Å². The number of carbonyl (C=O) groups excluding carboxylic acids is 1. The van der Waals surface area contributed by atoms with Gasteiger partial charge in [0, 0.05) is 25.4 Å². The quantitative estimate of drug-likeness (QED) is 0.444. The zero-order chi connectivity index (χ0) is 21.8. The molecule has 0 spiro atoms. The first-order valence-electron chi connectivity index (χ1n) is 11.9. The molecule has 0 bridgehead atoms. The van der Waals surface area contributed by atoms with Crippen LogP contribution in [0, 0.1) is 6.92 Å². The maximum absolute atomic E-state index is 12.5. The maximum Gasteiger partial charge on any atom is 0.321 e. The van der Waals surface area contributed by atoms with Gasteiger partial charge in [-0.1, -0.05) is 37.5 Å². The largest absolute Gasteiger partial charge is 0.378 e. The van der Waals surface area contributed by atoms with Crippen molar-refractivity contribution >= 4 is 11.7 Å². The highest BCUT2D eigenvalue weighted by Gasteiger charge is 2.27. The molecule has 0 aliphatic heterocycles. The summed E-state index contributed by atoms with van der Waals surface area (Å²) >= 11 is 0. The molecule has 0 heterocycles. The lowest BCUT2D eigenvalue weighted by atomic mass is 9.92. The van der Waals surface area contributed by atoms with Crippen molar-refractivity contribution in [2.75, 3.05) is 39.1 Å². The molecular formula is C25H43N3O2. The number of carbonyl (C=O) groups is 1. The fraction of sp³-hybridized carbons (Fsp3) is 0.720. The molecule has 1 aliphatic rings. The summed E-state index contributed by atoms with van der Waals surface area (Å²) in [4.78, 5) is 16.8. The van der Waals surface area contributed by atoms with Crippen LogP contribution < -0.4 is 5.32 Å². The maximum atomic E-state index is 12.5. The van der Waals surface area contributed by atoms with Crippen LogP contribution in [0.2, 0.25) is 0 Å². The molecule has 1 aromatic carbocycles. The lowest BCUT2D eigenvalue weighted by Crippen LogP contribution is -2.42. The van der Waals surface area contributed by atoms with Crippen molar-refractivity contribution in [3.63, 3.8) is 0 Å². The minimum atomic E-state index is -0.0220. The second-order valence-corrected chi connectivity index (χ2v) is 8.93. The van der Waals surface area contributed by atoms with Crippen LogP contribution in [0.25, 0.3) is 0 Å². The minimum absolute atomic E-state index is 0.0220. The van der Waals surface area contributed by atoms with E-state index in [1.165, 1.54) is 44.3 Å². The number of nitrogens with zero attached hydrogens (tertiary/aromatic N) is 2. The number of urea groups is 1.